The fourth-order valence-corrected chi connectivity index (χ4v) is 3.81. The maximum Gasteiger partial charge on any atom is 0.256 e. The molecule has 0 atom stereocenters. The number of methoxy groups -OCH3 is 1. The molecule has 8 nitrogen and oxygen atoms in total. The van der Waals surface area contributed by atoms with Gasteiger partial charge in [-0.3, -0.25) is 4.79 Å². The molecule has 1 aromatic carbocycles. The van der Waals surface area contributed by atoms with Gasteiger partial charge in [-0.05, 0) is 37.6 Å². The molecule has 4 rings (SSSR count). The zero-order valence-electron chi connectivity index (χ0n) is 16.8. The molecule has 3 aromatic heterocycles. The van der Waals surface area contributed by atoms with Crippen molar-refractivity contribution in [2.45, 2.75) is 24.8 Å². The lowest BCUT2D eigenvalue weighted by Crippen LogP contribution is -2.14. The minimum Gasteiger partial charge on any atom is -0.481 e. The van der Waals surface area contributed by atoms with Gasteiger partial charge < -0.3 is 10.1 Å². The lowest BCUT2D eigenvalue weighted by molar-refractivity contribution is 0.102. The molecule has 3 heterocycles. The fourth-order valence-electron chi connectivity index (χ4n) is 2.99. The van der Waals surface area contributed by atoms with Crippen LogP contribution in [0.25, 0.3) is 5.78 Å². The number of nitrogens with zero attached hydrogens (tertiary/aromatic N) is 5. The number of benzene rings is 1. The highest BCUT2D eigenvalue weighted by Gasteiger charge is 2.14. The molecule has 0 aliphatic heterocycles. The predicted molar refractivity (Wildman–Crippen MR) is 115 cm³/mol. The molecule has 0 saturated heterocycles. The average molecular weight is 420 g/mol. The Balaban J connectivity index is 1.50. The molecule has 1 N–H and O–H groups in total. The number of nitrogens with one attached hydrogen (secondary N) is 1. The van der Waals surface area contributed by atoms with Crippen LogP contribution in [0.4, 0.5) is 5.69 Å². The number of thioether (sulfide) groups is 1. The van der Waals surface area contributed by atoms with Crippen molar-refractivity contribution in [1.29, 1.82) is 0 Å². The van der Waals surface area contributed by atoms with Crippen molar-refractivity contribution < 1.29 is 9.53 Å². The normalized spacial score (nSPS) is 10.9. The zero-order chi connectivity index (χ0) is 21.1. The number of hydrogen-bond donors (Lipinski definition) is 1. The van der Waals surface area contributed by atoms with E-state index in [9.17, 15) is 4.79 Å². The summed E-state index contributed by atoms with van der Waals surface area (Å²) in [4.78, 5) is 25.8. The Morgan fingerprint density at radius 2 is 2.00 bits per heavy atom. The monoisotopic (exact) mass is 420 g/mol. The van der Waals surface area contributed by atoms with Gasteiger partial charge in [0, 0.05) is 28.8 Å². The second-order valence-electron chi connectivity index (χ2n) is 6.63. The van der Waals surface area contributed by atoms with Gasteiger partial charge in [0.2, 0.25) is 11.0 Å². The Labute approximate surface area is 177 Å². The van der Waals surface area contributed by atoms with Crippen molar-refractivity contribution in [2.24, 2.45) is 0 Å². The van der Waals surface area contributed by atoms with Crippen LogP contribution in [0.15, 0.2) is 53.8 Å². The highest BCUT2D eigenvalue weighted by molar-refractivity contribution is 7.98. The third kappa shape index (κ3) is 4.25. The van der Waals surface area contributed by atoms with Crippen LogP contribution in [0.2, 0.25) is 0 Å². The molecule has 30 heavy (non-hydrogen) atoms. The Bertz CT molecular complexity index is 1210. The van der Waals surface area contributed by atoms with Gasteiger partial charge >= 0.3 is 0 Å². The molecule has 152 valence electrons. The van der Waals surface area contributed by atoms with Crippen molar-refractivity contribution in [3.05, 3.63) is 71.2 Å². The molecule has 0 saturated carbocycles. The first kappa shape index (κ1) is 19.8. The predicted octanol–water partition coefficient (Wildman–Crippen LogP) is 3.69. The van der Waals surface area contributed by atoms with Crippen molar-refractivity contribution in [2.75, 3.05) is 12.4 Å². The summed E-state index contributed by atoms with van der Waals surface area (Å²) in [5.41, 5.74) is 3.96. The number of hydrogen-bond acceptors (Lipinski definition) is 7. The van der Waals surface area contributed by atoms with Crippen molar-refractivity contribution in [3.8, 4) is 5.88 Å². The van der Waals surface area contributed by atoms with Crippen LogP contribution in [-0.2, 0) is 5.75 Å². The maximum absolute atomic E-state index is 12.8. The van der Waals surface area contributed by atoms with Crippen LogP contribution >= 0.6 is 11.8 Å². The van der Waals surface area contributed by atoms with Crippen LogP contribution in [0.3, 0.4) is 0 Å². The second kappa shape index (κ2) is 8.50. The first-order valence-electron chi connectivity index (χ1n) is 9.26. The summed E-state index contributed by atoms with van der Waals surface area (Å²) < 4.78 is 6.77. The fraction of sp³-hybridized carbons (Fsp3) is 0.190. The topological polar surface area (TPSA) is 94.3 Å². The minimum absolute atomic E-state index is 0.200. The molecule has 0 fully saturated rings. The number of anilines is 1. The first-order chi connectivity index (χ1) is 14.5. The number of amides is 1. The maximum atomic E-state index is 12.8. The number of pyridine rings is 1. The van der Waals surface area contributed by atoms with E-state index in [1.54, 1.807) is 36.0 Å². The minimum atomic E-state index is -0.200. The number of ether oxygens (including phenoxy) is 1. The van der Waals surface area contributed by atoms with Gasteiger partial charge in [0.15, 0.2) is 0 Å². The number of rotatable bonds is 6. The highest BCUT2D eigenvalue weighted by Crippen LogP contribution is 2.23. The Morgan fingerprint density at radius 1 is 1.17 bits per heavy atom. The number of carbonyl (C=O) groups is 1. The quantitative estimate of drug-likeness (QED) is 0.475. The third-order valence-corrected chi connectivity index (χ3v) is 5.31. The molecule has 0 radical (unpaired) electrons. The summed E-state index contributed by atoms with van der Waals surface area (Å²) >= 11 is 1.46. The van der Waals surface area contributed by atoms with Gasteiger partial charge in [-0.2, -0.15) is 4.98 Å². The van der Waals surface area contributed by atoms with Crippen molar-refractivity contribution in [3.63, 3.8) is 0 Å². The number of fused-ring (bicyclic) bond motifs is 1. The molecule has 0 unspecified atom stereocenters. The summed E-state index contributed by atoms with van der Waals surface area (Å²) in [6, 6.07) is 12.9. The van der Waals surface area contributed by atoms with Crippen LogP contribution in [0.5, 0.6) is 5.88 Å². The van der Waals surface area contributed by atoms with Gasteiger partial charge in [0.25, 0.3) is 11.7 Å². The van der Waals surface area contributed by atoms with Crippen molar-refractivity contribution in [1.82, 2.24) is 24.6 Å². The van der Waals surface area contributed by atoms with E-state index in [1.165, 1.54) is 11.8 Å². The molecular weight excluding hydrogens is 400 g/mol. The van der Waals surface area contributed by atoms with E-state index in [4.69, 9.17) is 4.74 Å². The Kier molecular flexibility index (Phi) is 5.62. The van der Waals surface area contributed by atoms with Crippen LogP contribution < -0.4 is 10.1 Å². The highest BCUT2D eigenvalue weighted by atomic mass is 32.2. The summed E-state index contributed by atoms with van der Waals surface area (Å²) in [6.07, 6.45) is 1.56. The summed E-state index contributed by atoms with van der Waals surface area (Å²) in [6.45, 7) is 3.90. The molecule has 1 amide bonds. The van der Waals surface area contributed by atoms with E-state index in [-0.39, 0.29) is 5.91 Å². The van der Waals surface area contributed by atoms with Gasteiger partial charge in [-0.25, -0.2) is 14.5 Å². The molecular formula is C21H20N6O2S. The van der Waals surface area contributed by atoms with Gasteiger partial charge in [0.1, 0.15) is 0 Å². The lowest BCUT2D eigenvalue weighted by atomic mass is 10.1. The Hall–Kier alpha value is -3.46. The Morgan fingerprint density at radius 3 is 2.77 bits per heavy atom. The standard InChI is InChI=1S/C21H20N6O2S/c1-13-10-14(2)27-20(23-13)25-21(26-27)30-12-15-6-4-5-7-17(15)19(28)24-16-8-9-18(29-3)22-11-16/h4-11H,12H2,1-3H3,(H,24,28). The van der Waals surface area contributed by atoms with Gasteiger partial charge in [-0.15, -0.1) is 5.10 Å². The summed E-state index contributed by atoms with van der Waals surface area (Å²) in [7, 11) is 1.55. The van der Waals surface area contributed by atoms with E-state index in [1.807, 2.05) is 38.1 Å². The molecule has 9 heteroatoms. The lowest BCUT2D eigenvalue weighted by Gasteiger charge is -2.09. The van der Waals surface area contributed by atoms with E-state index in [0.29, 0.717) is 33.8 Å². The smallest absolute Gasteiger partial charge is 0.256 e. The van der Waals surface area contributed by atoms with E-state index >= 15 is 0 Å². The number of carbonyl (C=O) groups excluding carboxylic acids is 1. The SMILES string of the molecule is COc1ccc(NC(=O)c2ccccc2CSc2nc3nc(C)cc(C)n3n2)cn1. The molecule has 0 spiro atoms. The van der Waals surface area contributed by atoms with Gasteiger partial charge in [0.05, 0.1) is 19.0 Å². The molecule has 0 aliphatic rings. The van der Waals surface area contributed by atoms with Crippen LogP contribution in [0.1, 0.15) is 27.3 Å². The van der Waals surface area contributed by atoms with Gasteiger partial charge in [-0.1, -0.05) is 30.0 Å². The summed E-state index contributed by atoms with van der Waals surface area (Å²) in [5, 5.41) is 8.00. The van der Waals surface area contributed by atoms with Crippen LogP contribution in [0, 0.1) is 13.8 Å². The zero-order valence-corrected chi connectivity index (χ0v) is 17.6. The summed E-state index contributed by atoms with van der Waals surface area (Å²) in [5.74, 6) is 1.42. The van der Waals surface area contributed by atoms with Crippen LogP contribution in [-0.4, -0.2) is 37.6 Å². The number of aromatic nitrogens is 5. The van der Waals surface area contributed by atoms with E-state index < -0.39 is 0 Å². The molecule has 0 bridgehead atoms. The molecule has 0 aliphatic carbocycles. The van der Waals surface area contributed by atoms with E-state index in [0.717, 1.165) is 17.0 Å². The van der Waals surface area contributed by atoms with Crippen molar-refractivity contribution >= 4 is 29.1 Å². The number of aryl methyl sites for hydroxylation is 2. The largest absolute Gasteiger partial charge is 0.481 e. The molecule has 4 aromatic rings. The average Bonchev–Trinajstić information content (AvgIpc) is 3.16. The second-order valence-corrected chi connectivity index (χ2v) is 7.58. The van der Waals surface area contributed by atoms with E-state index in [2.05, 4.69) is 25.4 Å². The first-order valence-corrected chi connectivity index (χ1v) is 10.2. The third-order valence-electron chi connectivity index (χ3n) is 4.42.